The van der Waals surface area contributed by atoms with Crippen molar-refractivity contribution in [3.63, 3.8) is 0 Å². The van der Waals surface area contributed by atoms with Crippen molar-refractivity contribution < 1.29 is 0 Å². The topological polar surface area (TPSA) is 15.3 Å². The van der Waals surface area contributed by atoms with Gasteiger partial charge in [0.05, 0.1) is 0 Å². The van der Waals surface area contributed by atoms with E-state index in [0.29, 0.717) is 5.41 Å². The summed E-state index contributed by atoms with van der Waals surface area (Å²) in [6.45, 7) is 13.3. The van der Waals surface area contributed by atoms with E-state index in [9.17, 15) is 0 Å². The Balaban J connectivity index is 1.94. The minimum atomic E-state index is 0.481. The number of nitrogens with zero attached hydrogens (tertiary/aromatic N) is 1. The number of hydrogen-bond donors (Lipinski definition) is 1. The van der Waals surface area contributed by atoms with Crippen LogP contribution in [0.5, 0.6) is 0 Å². The van der Waals surface area contributed by atoms with Crippen LogP contribution in [0.4, 0.5) is 0 Å². The summed E-state index contributed by atoms with van der Waals surface area (Å²) in [6.07, 6.45) is 9.84. The highest BCUT2D eigenvalue weighted by Gasteiger charge is 2.42. The van der Waals surface area contributed by atoms with Crippen LogP contribution < -0.4 is 5.32 Å². The van der Waals surface area contributed by atoms with Crippen LogP contribution in [-0.2, 0) is 0 Å². The second kappa shape index (κ2) is 7.26. The van der Waals surface area contributed by atoms with Gasteiger partial charge in [-0.1, -0.05) is 40.5 Å². The van der Waals surface area contributed by atoms with Gasteiger partial charge in [0.25, 0.3) is 0 Å². The minimum absolute atomic E-state index is 0.481. The molecule has 2 nitrogen and oxygen atoms in total. The molecule has 2 aliphatic carbocycles. The quantitative estimate of drug-likeness (QED) is 0.756. The Morgan fingerprint density at radius 2 is 1.80 bits per heavy atom. The molecule has 2 saturated carbocycles. The highest BCUT2D eigenvalue weighted by Crippen LogP contribution is 2.42. The van der Waals surface area contributed by atoms with Gasteiger partial charge in [-0.15, -0.1) is 0 Å². The average Bonchev–Trinajstić information content (AvgIpc) is 3.03. The molecule has 20 heavy (non-hydrogen) atoms. The molecule has 0 heterocycles. The predicted molar refractivity (Wildman–Crippen MR) is 88.1 cm³/mol. The van der Waals surface area contributed by atoms with Crippen molar-refractivity contribution >= 4 is 0 Å². The zero-order chi connectivity index (χ0) is 14.6. The summed E-state index contributed by atoms with van der Waals surface area (Å²) in [4.78, 5) is 2.79. The Bertz CT molecular complexity index is 281. The Kier molecular flexibility index (Phi) is 5.92. The van der Waals surface area contributed by atoms with E-state index >= 15 is 0 Å². The van der Waals surface area contributed by atoms with Crippen molar-refractivity contribution in [1.29, 1.82) is 0 Å². The molecule has 0 spiro atoms. The lowest BCUT2D eigenvalue weighted by molar-refractivity contribution is 0.149. The summed E-state index contributed by atoms with van der Waals surface area (Å²) in [5.74, 6) is 0.858. The van der Waals surface area contributed by atoms with Crippen LogP contribution in [0.25, 0.3) is 0 Å². The molecule has 118 valence electrons. The van der Waals surface area contributed by atoms with E-state index in [1.54, 1.807) is 0 Å². The molecule has 2 atom stereocenters. The van der Waals surface area contributed by atoms with Gasteiger partial charge >= 0.3 is 0 Å². The maximum atomic E-state index is 3.87. The summed E-state index contributed by atoms with van der Waals surface area (Å²) in [6, 6.07) is 1.61. The van der Waals surface area contributed by atoms with Gasteiger partial charge in [-0.25, -0.2) is 0 Å². The summed E-state index contributed by atoms with van der Waals surface area (Å²) < 4.78 is 0. The number of hydrogen-bond acceptors (Lipinski definition) is 2. The summed E-state index contributed by atoms with van der Waals surface area (Å²) in [5.41, 5.74) is 0.481. The molecule has 2 heteroatoms. The lowest BCUT2D eigenvalue weighted by Crippen LogP contribution is -2.47. The Morgan fingerprint density at radius 3 is 2.40 bits per heavy atom. The molecule has 2 aliphatic rings. The Hall–Kier alpha value is -0.0800. The van der Waals surface area contributed by atoms with Gasteiger partial charge in [-0.05, 0) is 56.5 Å². The second-order valence-corrected chi connectivity index (χ2v) is 7.74. The third-order valence-electron chi connectivity index (χ3n) is 5.80. The molecule has 1 N–H and O–H groups in total. The van der Waals surface area contributed by atoms with Crippen LogP contribution in [0.15, 0.2) is 0 Å². The highest BCUT2D eigenvalue weighted by molar-refractivity contribution is 4.97. The van der Waals surface area contributed by atoms with Gasteiger partial charge < -0.3 is 10.2 Å². The zero-order valence-electron chi connectivity index (χ0n) is 14.3. The Labute approximate surface area is 126 Å². The first-order valence-corrected chi connectivity index (χ1v) is 9.06. The van der Waals surface area contributed by atoms with Gasteiger partial charge in [0.1, 0.15) is 0 Å². The molecule has 0 aromatic rings. The van der Waals surface area contributed by atoms with Gasteiger partial charge in [-0.3, -0.25) is 0 Å². The maximum Gasteiger partial charge on any atom is 0.0159 e. The van der Waals surface area contributed by atoms with Crippen molar-refractivity contribution in [2.45, 2.75) is 84.7 Å². The van der Waals surface area contributed by atoms with Gasteiger partial charge in [-0.2, -0.15) is 0 Å². The number of rotatable bonds is 7. The van der Waals surface area contributed by atoms with Crippen LogP contribution >= 0.6 is 0 Å². The molecule has 2 rings (SSSR count). The van der Waals surface area contributed by atoms with Crippen LogP contribution in [0.2, 0.25) is 0 Å². The fourth-order valence-electron chi connectivity index (χ4n) is 4.56. The van der Waals surface area contributed by atoms with E-state index in [1.807, 2.05) is 0 Å². The molecule has 2 unspecified atom stereocenters. The molecule has 2 fully saturated rings. The third kappa shape index (κ3) is 3.76. The van der Waals surface area contributed by atoms with Crippen molar-refractivity contribution in [1.82, 2.24) is 10.2 Å². The minimum Gasteiger partial charge on any atom is -0.313 e. The number of nitrogens with one attached hydrogen (secondary N) is 1. The first kappa shape index (κ1) is 16.3. The summed E-state index contributed by atoms with van der Waals surface area (Å²) >= 11 is 0. The highest BCUT2D eigenvalue weighted by atomic mass is 15.2. The van der Waals surface area contributed by atoms with Crippen molar-refractivity contribution in [3.8, 4) is 0 Å². The van der Waals surface area contributed by atoms with Crippen molar-refractivity contribution in [2.24, 2.45) is 11.3 Å². The normalized spacial score (nSPS) is 30.4. The Morgan fingerprint density at radius 1 is 1.10 bits per heavy atom. The zero-order valence-corrected chi connectivity index (χ0v) is 14.3. The molecule has 0 radical (unpaired) electrons. The van der Waals surface area contributed by atoms with E-state index in [4.69, 9.17) is 0 Å². The monoisotopic (exact) mass is 280 g/mol. The summed E-state index contributed by atoms with van der Waals surface area (Å²) in [5, 5.41) is 3.87. The molecule has 0 aromatic heterocycles. The molecule has 0 aliphatic heterocycles. The van der Waals surface area contributed by atoms with E-state index < -0.39 is 0 Å². The fourth-order valence-corrected chi connectivity index (χ4v) is 4.56. The third-order valence-corrected chi connectivity index (χ3v) is 5.80. The molecule has 0 amide bonds. The van der Waals surface area contributed by atoms with Crippen molar-refractivity contribution in [2.75, 3.05) is 19.6 Å². The van der Waals surface area contributed by atoms with Crippen LogP contribution in [0, 0.1) is 11.3 Å². The van der Waals surface area contributed by atoms with E-state index in [-0.39, 0.29) is 0 Å². The SMILES string of the molecule is CCCNC1C(CN(CC)C2CCCC2)CCC1(C)C. The maximum absolute atomic E-state index is 3.87. The largest absolute Gasteiger partial charge is 0.313 e. The van der Waals surface area contributed by atoms with Gasteiger partial charge in [0.15, 0.2) is 0 Å². The van der Waals surface area contributed by atoms with Crippen LogP contribution in [0.1, 0.15) is 72.6 Å². The first-order chi connectivity index (χ1) is 9.58. The lowest BCUT2D eigenvalue weighted by atomic mass is 9.84. The molecular weight excluding hydrogens is 244 g/mol. The van der Waals surface area contributed by atoms with E-state index in [1.165, 1.54) is 64.6 Å². The average molecular weight is 280 g/mol. The molecule has 0 bridgehead atoms. The van der Waals surface area contributed by atoms with E-state index in [2.05, 4.69) is 37.9 Å². The van der Waals surface area contributed by atoms with Gasteiger partial charge in [0.2, 0.25) is 0 Å². The second-order valence-electron chi connectivity index (χ2n) is 7.74. The molecule has 0 saturated heterocycles. The lowest BCUT2D eigenvalue weighted by Gasteiger charge is -2.36. The fraction of sp³-hybridized carbons (Fsp3) is 1.00. The van der Waals surface area contributed by atoms with Crippen LogP contribution in [0.3, 0.4) is 0 Å². The molecule has 0 aromatic carbocycles. The predicted octanol–water partition coefficient (Wildman–Crippen LogP) is 4.06. The van der Waals surface area contributed by atoms with E-state index in [0.717, 1.165) is 18.0 Å². The first-order valence-electron chi connectivity index (χ1n) is 9.06. The van der Waals surface area contributed by atoms with Gasteiger partial charge in [0, 0.05) is 18.6 Å². The smallest absolute Gasteiger partial charge is 0.0159 e. The standard InChI is InChI=1S/C18H36N2/c1-5-13-19-17-15(11-12-18(17,3)4)14-20(6-2)16-9-7-8-10-16/h15-17,19H,5-14H2,1-4H3. The van der Waals surface area contributed by atoms with Crippen molar-refractivity contribution in [3.05, 3.63) is 0 Å². The summed E-state index contributed by atoms with van der Waals surface area (Å²) in [7, 11) is 0. The van der Waals surface area contributed by atoms with Crippen LogP contribution in [-0.4, -0.2) is 36.6 Å². The molecular formula is C18H36N2.